The van der Waals surface area contributed by atoms with Crippen LogP contribution in [-0.2, 0) is 29.6 Å². The van der Waals surface area contributed by atoms with E-state index in [-0.39, 0.29) is 19.5 Å². The molecule has 0 fully saturated rings. The van der Waals surface area contributed by atoms with Gasteiger partial charge in [0.1, 0.15) is 0 Å². The molecule has 1 radical (unpaired) electrons. The van der Waals surface area contributed by atoms with Crippen LogP contribution in [0.1, 0.15) is 0 Å². The summed E-state index contributed by atoms with van der Waals surface area (Å²) in [7, 11) is -3.92. The van der Waals surface area contributed by atoms with Crippen LogP contribution in [0.3, 0.4) is 0 Å². The zero-order valence-corrected chi connectivity index (χ0v) is 11.2. The molecule has 0 aromatic heterocycles. The zero-order chi connectivity index (χ0) is 9.61. The summed E-state index contributed by atoms with van der Waals surface area (Å²) in [5, 5.41) is 0. The zero-order valence-electron chi connectivity index (χ0n) is 7.43. The van der Waals surface area contributed by atoms with Gasteiger partial charge in [0.2, 0.25) is 0 Å². The number of hydrogen-bond donors (Lipinski definition) is 0. The van der Waals surface area contributed by atoms with Crippen LogP contribution in [0.2, 0.25) is 0 Å². The molecule has 3 nitrogen and oxygen atoms in total. The van der Waals surface area contributed by atoms with Crippen molar-refractivity contribution in [3.63, 3.8) is 0 Å². The Balaban J connectivity index is 0. The van der Waals surface area contributed by atoms with E-state index in [0.29, 0.717) is 6.26 Å². The van der Waals surface area contributed by atoms with E-state index in [2.05, 4.69) is 6.58 Å². The van der Waals surface area contributed by atoms with Crippen LogP contribution >= 0.6 is 0 Å². The maximum atomic E-state index is 9.08. The van der Waals surface area contributed by atoms with Crippen molar-refractivity contribution in [1.82, 2.24) is 0 Å². The van der Waals surface area contributed by atoms with Gasteiger partial charge in [-0.05, 0) is 5.57 Å². The van der Waals surface area contributed by atoms with Gasteiger partial charge in [-0.15, -0.1) is 0 Å². The smallest absolute Gasteiger partial charge is 0.0916 e. The van der Waals surface area contributed by atoms with E-state index in [9.17, 15) is 0 Å². The molecular formula is C8H10O3SZn-. The molecule has 0 N–H and O–H groups in total. The number of allylic oxidation sites excluding steroid dienone is 5. The largest absolute Gasteiger partial charge is 0.748 e. The Bertz CT molecular complexity index is 293. The molecule has 0 heterocycles. The van der Waals surface area contributed by atoms with E-state index in [4.69, 9.17) is 13.0 Å². The van der Waals surface area contributed by atoms with Crippen LogP contribution in [0.4, 0.5) is 0 Å². The van der Waals surface area contributed by atoms with Gasteiger partial charge in [-0.1, -0.05) is 30.9 Å². The van der Waals surface area contributed by atoms with Crippen molar-refractivity contribution in [3.05, 3.63) is 42.9 Å². The average molecular weight is 252 g/mol. The molecular weight excluding hydrogens is 242 g/mol. The van der Waals surface area contributed by atoms with Gasteiger partial charge >= 0.3 is 0 Å². The van der Waals surface area contributed by atoms with Crippen molar-refractivity contribution in [2.24, 2.45) is 0 Å². The molecule has 0 spiro atoms. The molecule has 0 saturated carbocycles. The van der Waals surface area contributed by atoms with Crippen LogP contribution in [0.25, 0.3) is 0 Å². The third-order valence-electron chi connectivity index (χ3n) is 0.843. The predicted octanol–water partition coefficient (Wildman–Crippen LogP) is 1.03. The normalized spacial score (nSPS) is 14.2. The molecule has 0 saturated heterocycles. The Kier molecular flexibility index (Phi) is 8.42. The van der Waals surface area contributed by atoms with Crippen LogP contribution < -0.4 is 0 Å². The van der Waals surface area contributed by atoms with Crippen molar-refractivity contribution in [2.45, 2.75) is 0 Å². The fourth-order valence-electron chi connectivity index (χ4n) is 0.478. The molecule has 0 aliphatic heterocycles. The van der Waals surface area contributed by atoms with Crippen molar-refractivity contribution in [1.29, 1.82) is 0 Å². The van der Waals surface area contributed by atoms with E-state index in [1.165, 1.54) is 0 Å². The topological polar surface area (TPSA) is 57.2 Å². The molecule has 0 atom stereocenters. The summed E-state index contributed by atoms with van der Waals surface area (Å²) < 4.78 is 27.2. The predicted molar refractivity (Wildman–Crippen MR) is 47.3 cm³/mol. The van der Waals surface area contributed by atoms with Gasteiger partial charge in [0.15, 0.2) is 0 Å². The molecule has 0 unspecified atom stereocenters. The Morgan fingerprint density at radius 2 is 1.77 bits per heavy atom. The van der Waals surface area contributed by atoms with Gasteiger partial charge in [-0.3, -0.25) is 0 Å². The van der Waals surface area contributed by atoms with Gasteiger partial charge in [0.05, 0.1) is 10.1 Å². The second kappa shape index (κ2) is 7.19. The first-order valence-electron chi connectivity index (χ1n) is 3.17. The summed E-state index contributed by atoms with van der Waals surface area (Å²) in [6.45, 7) is 3.72. The van der Waals surface area contributed by atoms with Crippen molar-refractivity contribution in [2.75, 3.05) is 6.26 Å². The summed E-state index contributed by atoms with van der Waals surface area (Å²) in [4.78, 5) is 0. The number of hydrogen-bond acceptors (Lipinski definition) is 3. The summed E-state index contributed by atoms with van der Waals surface area (Å²) in [5.74, 6) is 0. The van der Waals surface area contributed by atoms with Crippen LogP contribution in [-0.4, -0.2) is 19.2 Å². The second-order valence-corrected chi connectivity index (χ2v) is 3.60. The monoisotopic (exact) mass is 250 g/mol. The molecule has 0 amide bonds. The number of rotatable bonds is 0. The van der Waals surface area contributed by atoms with E-state index in [0.717, 1.165) is 5.57 Å². The fraction of sp³-hybridized carbons (Fsp3) is 0.125. The van der Waals surface area contributed by atoms with Crippen molar-refractivity contribution in [3.8, 4) is 0 Å². The summed E-state index contributed by atoms with van der Waals surface area (Å²) >= 11 is 0. The van der Waals surface area contributed by atoms with E-state index in [1.807, 2.05) is 30.7 Å². The molecule has 0 aromatic carbocycles. The minimum atomic E-state index is -3.92. The third kappa shape index (κ3) is 18.6. The molecule has 1 aliphatic carbocycles. The molecule has 1 rings (SSSR count). The van der Waals surface area contributed by atoms with Gasteiger partial charge in [0.25, 0.3) is 0 Å². The summed E-state index contributed by atoms with van der Waals surface area (Å²) in [6, 6.07) is 0. The van der Waals surface area contributed by atoms with Crippen LogP contribution in [0.5, 0.6) is 0 Å². The average Bonchev–Trinajstić information content (AvgIpc) is 1.85. The van der Waals surface area contributed by atoms with E-state index in [1.54, 1.807) is 0 Å². The third-order valence-corrected chi connectivity index (χ3v) is 0.843. The molecule has 69 valence electrons. The van der Waals surface area contributed by atoms with Crippen molar-refractivity contribution < 1.29 is 32.4 Å². The van der Waals surface area contributed by atoms with Crippen LogP contribution in [0, 0.1) is 6.42 Å². The first kappa shape index (κ1) is 15.2. The van der Waals surface area contributed by atoms with Gasteiger partial charge < -0.3 is 4.55 Å². The fourth-order valence-corrected chi connectivity index (χ4v) is 0.478. The molecule has 0 aromatic rings. The minimum Gasteiger partial charge on any atom is -0.748 e. The van der Waals surface area contributed by atoms with Gasteiger partial charge in [0, 0.05) is 32.2 Å². The SMILES string of the molecule is C=C1[CH]C=CC=C1.CS(=O)(=O)[O-].[Zn]. The second-order valence-electron chi connectivity index (χ2n) is 2.19. The van der Waals surface area contributed by atoms with E-state index < -0.39 is 10.1 Å². The van der Waals surface area contributed by atoms with Gasteiger partial charge in [-0.2, -0.15) is 0 Å². The molecule has 5 heteroatoms. The minimum absolute atomic E-state index is 0. The maximum absolute atomic E-state index is 9.08. The standard InChI is InChI=1S/C7H7.CH4O3S.Zn/c1-7-5-3-2-4-6-7;1-5(2,3)4;/h2-6H,1H2;1H3,(H,2,3,4);/p-1. The quantitative estimate of drug-likeness (QED) is 0.477. The van der Waals surface area contributed by atoms with E-state index >= 15 is 0 Å². The van der Waals surface area contributed by atoms with Gasteiger partial charge in [-0.25, -0.2) is 8.42 Å². The van der Waals surface area contributed by atoms with Crippen LogP contribution in [0.15, 0.2) is 36.5 Å². The Labute approximate surface area is 91.7 Å². The molecule has 13 heavy (non-hydrogen) atoms. The molecule has 0 bridgehead atoms. The summed E-state index contributed by atoms with van der Waals surface area (Å²) in [6.07, 6.45) is 10.5. The summed E-state index contributed by atoms with van der Waals surface area (Å²) in [5.41, 5.74) is 1.07. The Hall–Kier alpha value is -0.247. The first-order chi connectivity index (χ1) is 5.39. The first-order valence-corrected chi connectivity index (χ1v) is 4.99. The Morgan fingerprint density at radius 1 is 1.31 bits per heavy atom. The maximum Gasteiger partial charge on any atom is 0.0916 e. The molecule has 1 aliphatic rings. The Morgan fingerprint density at radius 3 is 1.92 bits per heavy atom. The van der Waals surface area contributed by atoms with Crippen molar-refractivity contribution >= 4 is 10.1 Å².